The van der Waals surface area contributed by atoms with Crippen LogP contribution >= 0.6 is 0 Å². The van der Waals surface area contributed by atoms with Crippen LogP contribution in [0, 0.1) is 12.8 Å². The lowest BCUT2D eigenvalue weighted by atomic mass is 9.85. The van der Waals surface area contributed by atoms with Gasteiger partial charge in [0.15, 0.2) is 0 Å². The second-order valence-corrected chi connectivity index (χ2v) is 10.3. The minimum atomic E-state index is -0.542. The van der Waals surface area contributed by atoms with Crippen molar-refractivity contribution in [1.29, 1.82) is 0 Å². The highest BCUT2D eigenvalue weighted by Gasteiger charge is 2.30. The van der Waals surface area contributed by atoms with Crippen LogP contribution in [0.25, 0.3) is 11.1 Å². The summed E-state index contributed by atoms with van der Waals surface area (Å²) in [6, 6.07) is 1.89. The summed E-state index contributed by atoms with van der Waals surface area (Å²) in [6.07, 6.45) is 9.80. The molecule has 8 heteroatoms. The van der Waals surface area contributed by atoms with Crippen LogP contribution in [0.15, 0.2) is 18.5 Å². The molecule has 2 atom stereocenters. The van der Waals surface area contributed by atoms with E-state index in [1.165, 1.54) is 12.1 Å². The fraction of sp³-hybridized carbons (Fsp3) is 0.600. The van der Waals surface area contributed by atoms with Gasteiger partial charge in [-0.15, -0.1) is 0 Å². The summed E-state index contributed by atoms with van der Waals surface area (Å²) >= 11 is 0. The Morgan fingerprint density at radius 1 is 1.12 bits per heavy atom. The van der Waals surface area contributed by atoms with Crippen LogP contribution in [0.5, 0.6) is 0 Å². The highest BCUT2D eigenvalue weighted by molar-refractivity contribution is 5.92. The topological polar surface area (TPSA) is 98.1 Å². The Morgan fingerprint density at radius 2 is 1.94 bits per heavy atom. The van der Waals surface area contributed by atoms with Crippen molar-refractivity contribution in [1.82, 2.24) is 20.1 Å². The zero-order chi connectivity index (χ0) is 23.6. The number of rotatable bonds is 4. The van der Waals surface area contributed by atoms with Gasteiger partial charge in [-0.1, -0.05) is 6.42 Å². The van der Waals surface area contributed by atoms with Crippen molar-refractivity contribution in [2.45, 2.75) is 90.8 Å². The molecule has 178 valence electrons. The molecule has 0 aromatic carbocycles. The van der Waals surface area contributed by atoms with Gasteiger partial charge in [-0.2, -0.15) is 5.10 Å². The molecule has 1 aliphatic heterocycles. The number of carbonyl (C=O) groups is 2. The minimum absolute atomic E-state index is 0.0509. The van der Waals surface area contributed by atoms with Crippen molar-refractivity contribution in [2.75, 3.05) is 5.32 Å². The van der Waals surface area contributed by atoms with E-state index >= 15 is 0 Å². The highest BCUT2D eigenvalue weighted by atomic mass is 16.6. The number of amides is 2. The summed E-state index contributed by atoms with van der Waals surface area (Å²) < 4.78 is 7.46. The first-order valence-electron chi connectivity index (χ1n) is 12.0. The summed E-state index contributed by atoms with van der Waals surface area (Å²) in [5.74, 6) is 0.331. The number of ether oxygens (including phenoxy) is 1. The Balaban J connectivity index is 1.42. The molecule has 1 aliphatic carbocycles. The van der Waals surface area contributed by atoms with Gasteiger partial charge in [0.1, 0.15) is 11.4 Å². The molecule has 2 amide bonds. The van der Waals surface area contributed by atoms with E-state index in [4.69, 9.17) is 4.74 Å². The molecule has 0 saturated heterocycles. The molecule has 1 saturated carbocycles. The number of aromatic nitrogens is 3. The van der Waals surface area contributed by atoms with E-state index in [9.17, 15) is 9.59 Å². The first kappa shape index (κ1) is 23.3. The van der Waals surface area contributed by atoms with Crippen molar-refractivity contribution in [2.24, 2.45) is 5.92 Å². The SMILES string of the molecule is Cc1cnc(NC(=O)[C@H]2CCC[C@@H](NC(=O)OC(C)(C)C)C2)cc1-c1cnn2c1CCCC2. The second kappa shape index (κ2) is 9.53. The van der Waals surface area contributed by atoms with E-state index in [2.05, 4.69) is 25.4 Å². The van der Waals surface area contributed by atoms with Crippen molar-refractivity contribution in [3.63, 3.8) is 0 Å². The third-order valence-electron chi connectivity index (χ3n) is 6.39. The minimum Gasteiger partial charge on any atom is -0.444 e. The Hall–Kier alpha value is -2.90. The molecule has 0 unspecified atom stereocenters. The Kier molecular flexibility index (Phi) is 6.72. The van der Waals surface area contributed by atoms with Crippen molar-refractivity contribution in [3.8, 4) is 11.1 Å². The molecule has 4 rings (SSSR count). The largest absolute Gasteiger partial charge is 0.444 e. The Labute approximate surface area is 195 Å². The highest BCUT2D eigenvalue weighted by Crippen LogP contribution is 2.32. The van der Waals surface area contributed by atoms with Gasteiger partial charge in [0.25, 0.3) is 0 Å². The van der Waals surface area contributed by atoms with Gasteiger partial charge >= 0.3 is 6.09 Å². The lowest BCUT2D eigenvalue weighted by Gasteiger charge is -2.30. The molecule has 0 bridgehead atoms. The van der Waals surface area contributed by atoms with E-state index in [-0.39, 0.29) is 17.9 Å². The Morgan fingerprint density at radius 3 is 2.73 bits per heavy atom. The van der Waals surface area contributed by atoms with E-state index in [0.717, 1.165) is 55.3 Å². The number of fused-ring (bicyclic) bond motifs is 1. The molecular weight excluding hydrogens is 418 g/mol. The molecule has 0 radical (unpaired) electrons. The van der Waals surface area contributed by atoms with E-state index in [1.807, 2.05) is 46.2 Å². The molecule has 33 heavy (non-hydrogen) atoms. The van der Waals surface area contributed by atoms with Crippen LogP contribution in [0.3, 0.4) is 0 Å². The number of aryl methyl sites for hydroxylation is 2. The van der Waals surface area contributed by atoms with Crippen molar-refractivity contribution < 1.29 is 14.3 Å². The summed E-state index contributed by atoms with van der Waals surface area (Å²) in [6.45, 7) is 8.52. The summed E-state index contributed by atoms with van der Waals surface area (Å²) in [7, 11) is 0. The molecule has 2 N–H and O–H groups in total. The van der Waals surface area contributed by atoms with Gasteiger partial charge in [-0.25, -0.2) is 9.78 Å². The quantitative estimate of drug-likeness (QED) is 0.704. The van der Waals surface area contributed by atoms with Crippen molar-refractivity contribution in [3.05, 3.63) is 29.7 Å². The van der Waals surface area contributed by atoms with Crippen molar-refractivity contribution >= 4 is 17.8 Å². The number of nitrogens with zero attached hydrogens (tertiary/aromatic N) is 3. The number of alkyl carbamates (subject to hydrolysis) is 1. The maximum absolute atomic E-state index is 13.0. The van der Waals surface area contributed by atoms with E-state index in [0.29, 0.717) is 12.2 Å². The number of carbonyl (C=O) groups excluding carboxylic acids is 2. The predicted octanol–water partition coefficient (Wildman–Crippen LogP) is 4.61. The first-order chi connectivity index (χ1) is 15.7. The third kappa shape index (κ3) is 5.72. The van der Waals surface area contributed by atoms with Gasteiger partial charge in [-0.3, -0.25) is 9.48 Å². The average molecular weight is 454 g/mol. The number of pyridine rings is 1. The van der Waals surface area contributed by atoms with Crippen LogP contribution in [-0.2, 0) is 22.5 Å². The number of anilines is 1. The molecule has 2 aromatic rings. The van der Waals surface area contributed by atoms with Gasteiger partial charge in [-0.05, 0) is 83.4 Å². The van der Waals surface area contributed by atoms with Gasteiger partial charge < -0.3 is 15.4 Å². The zero-order valence-electron chi connectivity index (χ0n) is 20.1. The Bertz CT molecular complexity index is 1020. The second-order valence-electron chi connectivity index (χ2n) is 10.3. The molecule has 3 heterocycles. The van der Waals surface area contributed by atoms with Crippen LogP contribution in [0.1, 0.15) is 70.6 Å². The van der Waals surface area contributed by atoms with Crippen LogP contribution < -0.4 is 10.6 Å². The molecule has 0 spiro atoms. The average Bonchev–Trinajstić information content (AvgIpc) is 3.18. The standard InChI is InChI=1S/C25H35N5O3/c1-16-14-26-22(13-19(16)20-15-27-30-11-6-5-10-21(20)30)29-23(31)17-8-7-9-18(12-17)28-24(32)33-25(2,3)4/h13-15,17-18H,5-12H2,1-4H3,(H,28,32)(H,26,29,31)/t17-,18+/m0/s1. The van der Waals surface area contributed by atoms with Crippen LogP contribution in [0.4, 0.5) is 10.6 Å². The summed E-state index contributed by atoms with van der Waals surface area (Å²) in [5.41, 5.74) is 3.98. The summed E-state index contributed by atoms with van der Waals surface area (Å²) in [4.78, 5) is 29.6. The maximum atomic E-state index is 13.0. The van der Waals surface area contributed by atoms with Gasteiger partial charge in [0.05, 0.1) is 6.20 Å². The normalized spacial score (nSPS) is 20.6. The summed E-state index contributed by atoms with van der Waals surface area (Å²) in [5, 5.41) is 10.5. The molecule has 1 fully saturated rings. The number of hydrogen-bond donors (Lipinski definition) is 2. The monoisotopic (exact) mass is 453 g/mol. The smallest absolute Gasteiger partial charge is 0.407 e. The lowest BCUT2D eigenvalue weighted by molar-refractivity contribution is -0.121. The van der Waals surface area contributed by atoms with Crippen LogP contribution in [0.2, 0.25) is 0 Å². The number of nitrogens with one attached hydrogen (secondary N) is 2. The fourth-order valence-corrected chi connectivity index (χ4v) is 4.79. The van der Waals surface area contributed by atoms with Crippen LogP contribution in [-0.4, -0.2) is 38.4 Å². The first-order valence-corrected chi connectivity index (χ1v) is 12.0. The fourth-order valence-electron chi connectivity index (χ4n) is 4.79. The van der Waals surface area contributed by atoms with Gasteiger partial charge in [0.2, 0.25) is 5.91 Å². The van der Waals surface area contributed by atoms with E-state index < -0.39 is 11.7 Å². The lowest BCUT2D eigenvalue weighted by Crippen LogP contribution is -2.43. The predicted molar refractivity (Wildman–Crippen MR) is 127 cm³/mol. The molecule has 8 nitrogen and oxygen atoms in total. The molecule has 2 aliphatic rings. The maximum Gasteiger partial charge on any atom is 0.407 e. The van der Waals surface area contributed by atoms with E-state index in [1.54, 1.807) is 0 Å². The third-order valence-corrected chi connectivity index (χ3v) is 6.39. The zero-order valence-corrected chi connectivity index (χ0v) is 20.1. The number of hydrogen-bond acceptors (Lipinski definition) is 5. The molecular formula is C25H35N5O3. The molecule has 2 aromatic heterocycles. The van der Waals surface area contributed by atoms with Gasteiger partial charge in [0, 0.05) is 36.0 Å².